The van der Waals surface area contributed by atoms with Crippen molar-refractivity contribution in [3.63, 3.8) is 0 Å². The number of fused-ring (bicyclic) bond motifs is 1. The highest BCUT2D eigenvalue weighted by molar-refractivity contribution is 6.05. The van der Waals surface area contributed by atoms with Gasteiger partial charge in [0, 0.05) is 16.6 Å². The van der Waals surface area contributed by atoms with Gasteiger partial charge in [0.25, 0.3) is 0 Å². The second-order valence-corrected chi connectivity index (χ2v) is 7.15. The Morgan fingerprint density at radius 1 is 0.571 bits per heavy atom. The Morgan fingerprint density at radius 2 is 1.21 bits per heavy atom. The number of aromatic nitrogens is 1. The molecule has 0 bridgehead atoms. The van der Waals surface area contributed by atoms with Crippen LogP contribution in [0.4, 0.5) is 0 Å². The summed E-state index contributed by atoms with van der Waals surface area (Å²) in [6, 6.07) is 38.9. The Kier molecular flexibility index (Phi) is 4.06. The largest absolute Gasteiger partial charge is 0.309 e. The molecule has 5 aromatic rings. The lowest BCUT2D eigenvalue weighted by molar-refractivity contribution is 1.13. The zero-order chi connectivity index (χ0) is 18.9. The normalized spacial score (nSPS) is 11.0. The first kappa shape index (κ1) is 16.6. The summed E-state index contributed by atoms with van der Waals surface area (Å²) in [5.41, 5.74) is 8.66. The van der Waals surface area contributed by atoms with Crippen LogP contribution in [0, 0.1) is 6.92 Å². The van der Waals surface area contributed by atoms with Crippen molar-refractivity contribution < 1.29 is 0 Å². The molecule has 0 saturated carbocycles. The topological polar surface area (TPSA) is 4.93 Å². The highest BCUT2D eigenvalue weighted by atomic mass is 15.0. The summed E-state index contributed by atoms with van der Waals surface area (Å²) in [7, 11) is 0. The van der Waals surface area contributed by atoms with E-state index in [-0.39, 0.29) is 0 Å². The lowest BCUT2D eigenvalue weighted by Crippen LogP contribution is -1.98. The van der Waals surface area contributed by atoms with Crippen molar-refractivity contribution in [3.8, 4) is 28.1 Å². The van der Waals surface area contributed by atoms with Crippen LogP contribution in [0.3, 0.4) is 0 Å². The molecule has 0 radical (unpaired) electrons. The van der Waals surface area contributed by atoms with Crippen molar-refractivity contribution >= 4 is 10.9 Å². The van der Waals surface area contributed by atoms with Crippen molar-refractivity contribution in [2.24, 2.45) is 0 Å². The molecule has 5 rings (SSSR count). The van der Waals surface area contributed by atoms with Gasteiger partial charge in [0.2, 0.25) is 0 Å². The molecule has 1 heterocycles. The average Bonchev–Trinajstić information content (AvgIpc) is 3.10. The van der Waals surface area contributed by atoms with Crippen molar-refractivity contribution in [1.29, 1.82) is 0 Å². The monoisotopic (exact) mass is 359 g/mol. The van der Waals surface area contributed by atoms with Gasteiger partial charge in [-0.2, -0.15) is 0 Å². The van der Waals surface area contributed by atoms with Crippen LogP contribution in [0.1, 0.15) is 5.56 Å². The Bertz CT molecular complexity index is 1250. The fraction of sp³-hybridized carbons (Fsp3) is 0.0370. The molecular weight excluding hydrogens is 338 g/mol. The molecule has 0 fully saturated rings. The number of hydrogen-bond donors (Lipinski definition) is 0. The summed E-state index contributed by atoms with van der Waals surface area (Å²) in [5, 5.41) is 1.27. The minimum absolute atomic E-state index is 1.19. The number of hydrogen-bond acceptors (Lipinski definition) is 0. The van der Waals surface area contributed by atoms with E-state index in [4.69, 9.17) is 0 Å². The van der Waals surface area contributed by atoms with E-state index in [9.17, 15) is 0 Å². The number of benzene rings is 4. The van der Waals surface area contributed by atoms with Crippen LogP contribution in [0.2, 0.25) is 0 Å². The maximum atomic E-state index is 2.40. The SMILES string of the molecule is Cc1cccc(-n2c(-c3ccccc3)c(-c3ccccc3)c3ccccc32)c1. The first-order chi connectivity index (χ1) is 13.8. The smallest absolute Gasteiger partial charge is 0.0619 e. The van der Waals surface area contributed by atoms with Crippen LogP contribution in [0.5, 0.6) is 0 Å². The van der Waals surface area contributed by atoms with Gasteiger partial charge in [-0.1, -0.05) is 91.0 Å². The van der Waals surface area contributed by atoms with E-state index < -0.39 is 0 Å². The number of nitrogens with zero attached hydrogens (tertiary/aromatic N) is 1. The van der Waals surface area contributed by atoms with Crippen molar-refractivity contribution in [1.82, 2.24) is 4.57 Å². The summed E-state index contributed by atoms with van der Waals surface area (Å²) < 4.78 is 2.40. The molecule has 1 aromatic heterocycles. The van der Waals surface area contributed by atoms with E-state index >= 15 is 0 Å². The Labute approximate surface area is 165 Å². The zero-order valence-corrected chi connectivity index (χ0v) is 15.8. The fourth-order valence-electron chi connectivity index (χ4n) is 4.04. The highest BCUT2D eigenvalue weighted by Gasteiger charge is 2.20. The molecule has 0 N–H and O–H groups in total. The van der Waals surface area contributed by atoms with Crippen molar-refractivity contribution in [2.45, 2.75) is 6.92 Å². The molecule has 1 heteroatoms. The van der Waals surface area contributed by atoms with Crippen molar-refractivity contribution in [3.05, 3.63) is 115 Å². The van der Waals surface area contributed by atoms with E-state index in [1.807, 2.05) is 0 Å². The van der Waals surface area contributed by atoms with Crippen LogP contribution < -0.4 is 0 Å². The Hall–Kier alpha value is -3.58. The summed E-state index contributed by atoms with van der Waals surface area (Å²) in [4.78, 5) is 0. The second-order valence-electron chi connectivity index (χ2n) is 7.15. The number of aryl methyl sites for hydroxylation is 1. The van der Waals surface area contributed by atoms with Crippen molar-refractivity contribution in [2.75, 3.05) is 0 Å². The highest BCUT2D eigenvalue weighted by Crippen LogP contribution is 2.42. The Morgan fingerprint density at radius 3 is 1.93 bits per heavy atom. The maximum Gasteiger partial charge on any atom is 0.0619 e. The minimum Gasteiger partial charge on any atom is -0.309 e. The third-order valence-electron chi connectivity index (χ3n) is 5.24. The van der Waals surface area contributed by atoms with Crippen LogP contribution >= 0.6 is 0 Å². The van der Waals surface area contributed by atoms with Gasteiger partial charge in [0.05, 0.1) is 11.2 Å². The molecule has 0 aliphatic carbocycles. The standard InChI is InChI=1S/C27H21N/c1-20-11-10-16-23(19-20)28-25-18-9-8-17-24(25)26(21-12-4-2-5-13-21)27(28)22-14-6-3-7-15-22/h2-19H,1H3. The Balaban J connectivity index is 1.97. The van der Waals surface area contributed by atoms with Gasteiger partial charge in [-0.15, -0.1) is 0 Å². The van der Waals surface area contributed by atoms with E-state index in [1.54, 1.807) is 0 Å². The lowest BCUT2D eigenvalue weighted by Gasteiger charge is -2.14. The molecule has 0 aliphatic heterocycles. The molecule has 4 aromatic carbocycles. The first-order valence-corrected chi connectivity index (χ1v) is 9.64. The predicted molar refractivity (Wildman–Crippen MR) is 119 cm³/mol. The molecule has 0 saturated heterocycles. The summed E-state index contributed by atoms with van der Waals surface area (Å²) in [6.45, 7) is 2.15. The quantitative estimate of drug-likeness (QED) is 0.319. The molecule has 28 heavy (non-hydrogen) atoms. The predicted octanol–water partition coefficient (Wildman–Crippen LogP) is 7.27. The zero-order valence-electron chi connectivity index (χ0n) is 15.8. The third-order valence-corrected chi connectivity index (χ3v) is 5.24. The molecule has 1 nitrogen and oxygen atoms in total. The average molecular weight is 359 g/mol. The van der Waals surface area contributed by atoms with E-state index in [0.29, 0.717) is 0 Å². The summed E-state index contributed by atoms with van der Waals surface area (Å²) in [5.74, 6) is 0. The third kappa shape index (κ3) is 2.73. The fourth-order valence-corrected chi connectivity index (χ4v) is 4.04. The number of para-hydroxylation sites is 1. The minimum atomic E-state index is 1.19. The molecule has 0 aliphatic rings. The van der Waals surface area contributed by atoms with E-state index in [1.165, 1.54) is 44.5 Å². The van der Waals surface area contributed by atoms with Gasteiger partial charge in [-0.25, -0.2) is 0 Å². The van der Waals surface area contributed by atoms with Crippen LogP contribution in [-0.2, 0) is 0 Å². The molecule has 0 spiro atoms. The lowest BCUT2D eigenvalue weighted by atomic mass is 9.98. The first-order valence-electron chi connectivity index (χ1n) is 9.64. The molecule has 0 amide bonds. The summed E-state index contributed by atoms with van der Waals surface area (Å²) >= 11 is 0. The van der Waals surface area contributed by atoms with Gasteiger partial charge in [-0.05, 0) is 41.8 Å². The van der Waals surface area contributed by atoms with Gasteiger partial charge < -0.3 is 4.57 Å². The van der Waals surface area contributed by atoms with Gasteiger partial charge in [0.1, 0.15) is 0 Å². The van der Waals surface area contributed by atoms with E-state index in [2.05, 4.69) is 121 Å². The maximum absolute atomic E-state index is 2.40. The van der Waals surface area contributed by atoms with Crippen LogP contribution in [0.25, 0.3) is 39.0 Å². The molecular formula is C27H21N. The molecule has 0 unspecified atom stereocenters. The van der Waals surface area contributed by atoms with E-state index in [0.717, 1.165) is 0 Å². The molecule has 134 valence electrons. The summed E-state index contributed by atoms with van der Waals surface area (Å²) in [6.07, 6.45) is 0. The van der Waals surface area contributed by atoms with Gasteiger partial charge in [0.15, 0.2) is 0 Å². The van der Waals surface area contributed by atoms with Crippen LogP contribution in [0.15, 0.2) is 109 Å². The van der Waals surface area contributed by atoms with Crippen LogP contribution in [-0.4, -0.2) is 4.57 Å². The number of rotatable bonds is 3. The second kappa shape index (κ2) is 6.86. The van der Waals surface area contributed by atoms with Gasteiger partial charge in [-0.3, -0.25) is 0 Å². The molecule has 0 atom stereocenters. The van der Waals surface area contributed by atoms with Gasteiger partial charge >= 0.3 is 0 Å².